The maximum atomic E-state index is 12.1. The highest BCUT2D eigenvalue weighted by Gasteiger charge is 2.11. The number of thiocarbonyl (C=S) groups is 1. The van der Waals surface area contributed by atoms with Crippen LogP contribution in [0.1, 0.15) is 15.9 Å². The van der Waals surface area contributed by atoms with Gasteiger partial charge < -0.3 is 21.3 Å². The first kappa shape index (κ1) is 13.8. The molecule has 0 heterocycles. The van der Waals surface area contributed by atoms with Crippen LogP contribution < -0.4 is 11.1 Å². The zero-order valence-corrected chi connectivity index (χ0v) is 11.1. The molecule has 0 unspecified atom stereocenters. The summed E-state index contributed by atoms with van der Waals surface area (Å²) in [6.45, 7) is 0. The number of carbonyl (C=O) groups is 1. The lowest BCUT2D eigenvalue weighted by molar-refractivity contribution is 0.102. The van der Waals surface area contributed by atoms with Crippen molar-refractivity contribution in [3.8, 4) is 11.5 Å². The summed E-state index contributed by atoms with van der Waals surface area (Å²) in [7, 11) is 0. The van der Waals surface area contributed by atoms with Gasteiger partial charge >= 0.3 is 0 Å². The van der Waals surface area contributed by atoms with E-state index in [4.69, 9.17) is 18.0 Å². The van der Waals surface area contributed by atoms with Crippen molar-refractivity contribution in [1.82, 2.24) is 0 Å². The van der Waals surface area contributed by atoms with Gasteiger partial charge in [0.15, 0.2) is 11.5 Å². The van der Waals surface area contributed by atoms with E-state index in [0.29, 0.717) is 11.3 Å². The molecule has 0 fully saturated rings. The summed E-state index contributed by atoms with van der Waals surface area (Å²) in [4.78, 5) is 12.2. The standard InChI is InChI=1S/C14H12N2O3S/c15-13(20)9-3-1-2-4-10(9)16-14(19)8-5-6-11(17)12(18)7-8/h1-7,17-18H,(H2,15,20)(H,16,19). The second-order valence-electron chi connectivity index (χ2n) is 4.07. The van der Waals surface area contributed by atoms with Crippen molar-refractivity contribution in [3.63, 3.8) is 0 Å². The summed E-state index contributed by atoms with van der Waals surface area (Å²) in [5.74, 6) is -1.09. The number of aromatic hydroxyl groups is 2. The fourth-order valence-electron chi connectivity index (χ4n) is 1.67. The number of phenols is 2. The Morgan fingerprint density at radius 2 is 1.80 bits per heavy atom. The molecule has 0 radical (unpaired) electrons. The van der Waals surface area contributed by atoms with Crippen molar-refractivity contribution in [2.75, 3.05) is 5.32 Å². The molecule has 0 spiro atoms. The van der Waals surface area contributed by atoms with Gasteiger partial charge in [-0.2, -0.15) is 0 Å². The number of benzene rings is 2. The summed E-state index contributed by atoms with van der Waals surface area (Å²) in [6.07, 6.45) is 0. The van der Waals surface area contributed by atoms with Crippen LogP contribution >= 0.6 is 12.2 Å². The number of phenolic OH excluding ortho intramolecular Hbond substituents is 2. The van der Waals surface area contributed by atoms with Gasteiger partial charge in [0.1, 0.15) is 4.99 Å². The molecule has 5 nitrogen and oxygen atoms in total. The van der Waals surface area contributed by atoms with Gasteiger partial charge in [0, 0.05) is 11.1 Å². The number of anilines is 1. The van der Waals surface area contributed by atoms with Crippen molar-refractivity contribution in [3.05, 3.63) is 53.6 Å². The van der Waals surface area contributed by atoms with E-state index >= 15 is 0 Å². The van der Waals surface area contributed by atoms with Gasteiger partial charge in [-0.05, 0) is 30.3 Å². The molecule has 20 heavy (non-hydrogen) atoms. The van der Waals surface area contributed by atoms with E-state index in [1.54, 1.807) is 24.3 Å². The van der Waals surface area contributed by atoms with Gasteiger partial charge in [-0.3, -0.25) is 4.79 Å². The van der Waals surface area contributed by atoms with Crippen molar-refractivity contribution in [1.29, 1.82) is 0 Å². The maximum absolute atomic E-state index is 12.1. The molecule has 102 valence electrons. The van der Waals surface area contributed by atoms with E-state index in [9.17, 15) is 15.0 Å². The summed E-state index contributed by atoms with van der Waals surface area (Å²) in [5, 5.41) is 21.3. The Kier molecular flexibility index (Phi) is 3.86. The molecule has 5 N–H and O–H groups in total. The smallest absolute Gasteiger partial charge is 0.255 e. The normalized spacial score (nSPS) is 10.0. The molecule has 6 heteroatoms. The highest BCUT2D eigenvalue weighted by atomic mass is 32.1. The van der Waals surface area contributed by atoms with Crippen LogP contribution in [0, 0.1) is 0 Å². The van der Waals surface area contributed by atoms with Gasteiger partial charge in [-0.1, -0.05) is 24.4 Å². The summed E-state index contributed by atoms with van der Waals surface area (Å²) >= 11 is 4.91. The van der Waals surface area contributed by atoms with Crippen LogP contribution in [0.15, 0.2) is 42.5 Å². The van der Waals surface area contributed by atoms with Crippen LogP contribution in [0.4, 0.5) is 5.69 Å². The van der Waals surface area contributed by atoms with Gasteiger partial charge in [0.05, 0.1) is 5.69 Å². The molecule has 0 bridgehead atoms. The number of para-hydroxylation sites is 1. The Balaban J connectivity index is 2.28. The molecule has 0 aliphatic carbocycles. The monoisotopic (exact) mass is 288 g/mol. The van der Waals surface area contributed by atoms with Gasteiger partial charge in [0.2, 0.25) is 0 Å². The predicted molar refractivity (Wildman–Crippen MR) is 80.1 cm³/mol. The molecule has 0 atom stereocenters. The Labute approximate surface area is 120 Å². The summed E-state index contributed by atoms with van der Waals surface area (Å²) < 4.78 is 0. The van der Waals surface area contributed by atoms with E-state index in [0.717, 1.165) is 0 Å². The number of hydrogen-bond donors (Lipinski definition) is 4. The van der Waals surface area contributed by atoms with Crippen molar-refractivity contribution < 1.29 is 15.0 Å². The molecule has 0 aromatic heterocycles. The van der Waals surface area contributed by atoms with E-state index in [-0.39, 0.29) is 22.1 Å². The lowest BCUT2D eigenvalue weighted by atomic mass is 10.1. The summed E-state index contributed by atoms with van der Waals surface area (Å²) in [5.41, 5.74) is 6.82. The number of nitrogens with one attached hydrogen (secondary N) is 1. The minimum atomic E-state index is -0.441. The molecule has 2 aromatic rings. The number of carbonyl (C=O) groups excluding carboxylic acids is 1. The Morgan fingerprint density at radius 1 is 1.10 bits per heavy atom. The van der Waals surface area contributed by atoms with E-state index < -0.39 is 5.91 Å². The minimum Gasteiger partial charge on any atom is -0.504 e. The van der Waals surface area contributed by atoms with Crippen molar-refractivity contribution in [2.45, 2.75) is 0 Å². The van der Waals surface area contributed by atoms with E-state index in [1.807, 2.05) is 0 Å². The third-order valence-electron chi connectivity index (χ3n) is 2.68. The Morgan fingerprint density at radius 3 is 2.45 bits per heavy atom. The lowest BCUT2D eigenvalue weighted by Crippen LogP contribution is -2.17. The Hall–Kier alpha value is -2.60. The molecule has 1 amide bonds. The fourth-order valence-corrected chi connectivity index (χ4v) is 1.84. The van der Waals surface area contributed by atoms with Crippen LogP contribution in [-0.4, -0.2) is 21.1 Å². The van der Waals surface area contributed by atoms with E-state index in [2.05, 4.69) is 5.32 Å². The second-order valence-corrected chi connectivity index (χ2v) is 4.51. The highest BCUT2D eigenvalue weighted by molar-refractivity contribution is 7.80. The molecule has 0 aliphatic rings. The fraction of sp³-hybridized carbons (Fsp3) is 0. The summed E-state index contributed by atoms with van der Waals surface area (Å²) in [6, 6.07) is 10.7. The first-order chi connectivity index (χ1) is 9.49. The first-order valence-corrected chi connectivity index (χ1v) is 6.12. The molecule has 2 rings (SSSR count). The topological polar surface area (TPSA) is 95.6 Å². The molecular weight excluding hydrogens is 276 g/mol. The number of rotatable bonds is 3. The first-order valence-electron chi connectivity index (χ1n) is 5.71. The second kappa shape index (κ2) is 5.58. The lowest BCUT2D eigenvalue weighted by Gasteiger charge is -2.10. The number of nitrogens with two attached hydrogens (primary N) is 1. The van der Waals surface area contributed by atoms with Crippen molar-refractivity contribution in [2.24, 2.45) is 5.73 Å². The van der Waals surface area contributed by atoms with E-state index in [1.165, 1.54) is 18.2 Å². The third-order valence-corrected chi connectivity index (χ3v) is 2.90. The third kappa shape index (κ3) is 2.86. The van der Waals surface area contributed by atoms with Gasteiger partial charge in [-0.15, -0.1) is 0 Å². The predicted octanol–water partition coefficient (Wildman–Crippen LogP) is 1.98. The average Bonchev–Trinajstić information content (AvgIpc) is 2.42. The molecule has 0 saturated heterocycles. The molecular formula is C14H12N2O3S. The van der Waals surface area contributed by atoms with Crippen molar-refractivity contribution >= 4 is 28.8 Å². The van der Waals surface area contributed by atoms with Crippen LogP contribution in [0.25, 0.3) is 0 Å². The Bertz CT molecular complexity index is 686. The molecule has 0 aliphatic heterocycles. The zero-order valence-electron chi connectivity index (χ0n) is 10.3. The SMILES string of the molecule is NC(=S)c1ccccc1NC(=O)c1ccc(O)c(O)c1. The highest BCUT2D eigenvalue weighted by Crippen LogP contribution is 2.25. The maximum Gasteiger partial charge on any atom is 0.255 e. The number of amides is 1. The van der Waals surface area contributed by atoms with Crippen LogP contribution in [0.2, 0.25) is 0 Å². The minimum absolute atomic E-state index is 0.175. The van der Waals surface area contributed by atoms with Gasteiger partial charge in [-0.25, -0.2) is 0 Å². The molecule has 0 saturated carbocycles. The van der Waals surface area contributed by atoms with Gasteiger partial charge in [0.25, 0.3) is 5.91 Å². The van der Waals surface area contributed by atoms with Crippen LogP contribution in [0.3, 0.4) is 0 Å². The number of hydrogen-bond acceptors (Lipinski definition) is 4. The largest absolute Gasteiger partial charge is 0.504 e. The quantitative estimate of drug-likeness (QED) is 0.511. The average molecular weight is 288 g/mol. The molecule has 2 aromatic carbocycles. The van der Waals surface area contributed by atoms with Crippen LogP contribution in [-0.2, 0) is 0 Å². The van der Waals surface area contributed by atoms with Crippen LogP contribution in [0.5, 0.6) is 11.5 Å². The zero-order chi connectivity index (χ0) is 14.7.